The molecule has 1 aromatic carbocycles. The van der Waals surface area contributed by atoms with Gasteiger partial charge in [0.15, 0.2) is 0 Å². The number of fused-ring (bicyclic) bond motifs is 1. The smallest absolute Gasteiger partial charge is 0.130 e. The fourth-order valence-electron chi connectivity index (χ4n) is 2.15. The van der Waals surface area contributed by atoms with Gasteiger partial charge in [0.2, 0.25) is 0 Å². The predicted molar refractivity (Wildman–Crippen MR) is 68.2 cm³/mol. The van der Waals surface area contributed by atoms with Crippen LogP contribution < -0.4 is 5.32 Å². The van der Waals surface area contributed by atoms with Crippen LogP contribution in [0, 0.1) is 11.6 Å². The van der Waals surface area contributed by atoms with Gasteiger partial charge in [0.1, 0.15) is 11.6 Å². The highest BCUT2D eigenvalue weighted by molar-refractivity contribution is 7.98. The first kappa shape index (κ1) is 12.8. The molecule has 2 rings (SSSR count). The normalized spacial score (nSPS) is 19.8. The van der Waals surface area contributed by atoms with Gasteiger partial charge in [-0.2, -0.15) is 11.8 Å². The molecule has 0 saturated carbocycles. The highest BCUT2D eigenvalue weighted by Crippen LogP contribution is 2.32. The summed E-state index contributed by atoms with van der Waals surface area (Å²) in [5, 5.41) is 3.38. The van der Waals surface area contributed by atoms with Gasteiger partial charge in [-0.15, -0.1) is 0 Å². The van der Waals surface area contributed by atoms with Crippen LogP contribution in [0.2, 0.25) is 0 Å². The fourth-order valence-corrected chi connectivity index (χ4v) is 3.20. The molecule has 4 heteroatoms. The molecule has 1 heterocycles. The molecule has 1 nitrogen and oxygen atoms in total. The van der Waals surface area contributed by atoms with E-state index in [0.717, 1.165) is 36.8 Å². The van der Waals surface area contributed by atoms with Crippen LogP contribution in [0.5, 0.6) is 0 Å². The van der Waals surface area contributed by atoms with Crippen molar-refractivity contribution < 1.29 is 8.78 Å². The molecule has 0 spiro atoms. The topological polar surface area (TPSA) is 12.0 Å². The second-order valence-electron chi connectivity index (χ2n) is 4.30. The third-order valence-electron chi connectivity index (χ3n) is 3.01. The fraction of sp³-hybridized carbons (Fsp3) is 0.538. The number of hydrogen-bond donors (Lipinski definition) is 1. The van der Waals surface area contributed by atoms with Crippen LogP contribution in [-0.4, -0.2) is 12.3 Å². The Hall–Kier alpha value is -0.610. The molecule has 1 unspecified atom stereocenters. The quantitative estimate of drug-likeness (QED) is 0.887. The Morgan fingerprint density at radius 1 is 1.41 bits per heavy atom. The van der Waals surface area contributed by atoms with E-state index in [9.17, 15) is 8.78 Å². The van der Waals surface area contributed by atoms with Crippen LogP contribution in [0.3, 0.4) is 0 Å². The number of rotatable bonds is 3. The summed E-state index contributed by atoms with van der Waals surface area (Å²) in [5.41, 5.74) is 1.48. The Balaban J connectivity index is 2.33. The van der Waals surface area contributed by atoms with Crippen molar-refractivity contribution in [1.82, 2.24) is 5.32 Å². The molecular weight excluding hydrogens is 240 g/mol. The molecule has 94 valence electrons. The Morgan fingerprint density at radius 2 is 2.24 bits per heavy atom. The van der Waals surface area contributed by atoms with E-state index in [1.165, 1.54) is 6.07 Å². The van der Waals surface area contributed by atoms with Crippen LogP contribution in [0.25, 0.3) is 0 Å². The SMILES string of the molecule is CCCNC1CCSCc2c(F)cc(F)cc21. The lowest BCUT2D eigenvalue weighted by Gasteiger charge is -2.19. The van der Waals surface area contributed by atoms with Crippen LogP contribution in [0.15, 0.2) is 12.1 Å². The van der Waals surface area contributed by atoms with Crippen molar-refractivity contribution >= 4 is 11.8 Å². The molecule has 1 atom stereocenters. The first-order valence-corrected chi connectivity index (χ1v) is 7.16. The van der Waals surface area contributed by atoms with E-state index >= 15 is 0 Å². The molecule has 0 amide bonds. The minimum absolute atomic E-state index is 0.0881. The first-order valence-electron chi connectivity index (χ1n) is 6.01. The molecule has 0 aliphatic carbocycles. The zero-order chi connectivity index (χ0) is 12.3. The molecule has 0 radical (unpaired) electrons. The summed E-state index contributed by atoms with van der Waals surface area (Å²) in [7, 11) is 0. The van der Waals surface area contributed by atoms with Gasteiger partial charge in [-0.05, 0) is 36.8 Å². The number of nitrogens with one attached hydrogen (secondary N) is 1. The van der Waals surface area contributed by atoms with Gasteiger partial charge in [0.05, 0.1) is 0 Å². The van der Waals surface area contributed by atoms with Crippen LogP contribution >= 0.6 is 11.8 Å². The van der Waals surface area contributed by atoms with Crippen LogP contribution in [0.1, 0.15) is 36.9 Å². The molecular formula is C13H17F2NS. The minimum Gasteiger partial charge on any atom is -0.310 e. The van der Waals surface area contributed by atoms with E-state index in [1.807, 2.05) is 0 Å². The van der Waals surface area contributed by atoms with Crippen molar-refractivity contribution in [2.75, 3.05) is 12.3 Å². The van der Waals surface area contributed by atoms with Gasteiger partial charge < -0.3 is 5.32 Å². The molecule has 0 fully saturated rings. The maximum absolute atomic E-state index is 13.7. The van der Waals surface area contributed by atoms with Crippen molar-refractivity contribution in [1.29, 1.82) is 0 Å². The van der Waals surface area contributed by atoms with Crippen molar-refractivity contribution in [3.8, 4) is 0 Å². The van der Waals surface area contributed by atoms with E-state index in [-0.39, 0.29) is 6.04 Å². The lowest BCUT2D eigenvalue weighted by Crippen LogP contribution is -2.23. The van der Waals surface area contributed by atoms with Gasteiger partial charge in [-0.25, -0.2) is 8.78 Å². The standard InChI is InChI=1S/C13H17F2NS/c1-2-4-16-13-3-5-17-8-11-10(13)6-9(14)7-12(11)15/h6-7,13,16H,2-5,8H2,1H3. The maximum atomic E-state index is 13.7. The number of halogens is 2. The van der Waals surface area contributed by atoms with E-state index < -0.39 is 11.6 Å². The molecule has 1 aliphatic rings. The molecule has 17 heavy (non-hydrogen) atoms. The lowest BCUT2D eigenvalue weighted by atomic mass is 9.98. The van der Waals surface area contributed by atoms with Gasteiger partial charge >= 0.3 is 0 Å². The molecule has 0 aromatic heterocycles. The zero-order valence-electron chi connectivity index (χ0n) is 9.93. The van der Waals surface area contributed by atoms with E-state index in [0.29, 0.717) is 11.3 Å². The average Bonchev–Trinajstić information content (AvgIpc) is 2.49. The van der Waals surface area contributed by atoms with Crippen molar-refractivity contribution in [2.24, 2.45) is 0 Å². The molecule has 1 N–H and O–H groups in total. The highest BCUT2D eigenvalue weighted by atomic mass is 32.2. The van der Waals surface area contributed by atoms with Gasteiger partial charge in [0.25, 0.3) is 0 Å². The second-order valence-corrected chi connectivity index (χ2v) is 5.41. The van der Waals surface area contributed by atoms with Crippen LogP contribution in [0.4, 0.5) is 8.78 Å². The summed E-state index contributed by atoms with van der Waals surface area (Å²) in [6.45, 7) is 2.97. The first-order chi connectivity index (χ1) is 8.22. The third-order valence-corrected chi connectivity index (χ3v) is 4.03. The van der Waals surface area contributed by atoms with E-state index in [2.05, 4.69) is 12.2 Å². The molecule has 1 aliphatic heterocycles. The molecule has 1 aromatic rings. The Kier molecular flexibility index (Phi) is 4.40. The second kappa shape index (κ2) is 5.83. The Bertz CT molecular complexity index is 395. The summed E-state index contributed by atoms with van der Waals surface area (Å²) in [4.78, 5) is 0. The minimum atomic E-state index is -0.476. The molecule has 0 bridgehead atoms. The molecule has 0 saturated heterocycles. The summed E-state index contributed by atoms with van der Waals surface area (Å²) in [6.07, 6.45) is 1.96. The maximum Gasteiger partial charge on any atom is 0.130 e. The zero-order valence-corrected chi connectivity index (χ0v) is 10.7. The predicted octanol–water partition coefficient (Wildman–Crippen LogP) is 3.64. The van der Waals surface area contributed by atoms with Crippen molar-refractivity contribution in [3.05, 3.63) is 34.9 Å². The highest BCUT2D eigenvalue weighted by Gasteiger charge is 2.21. The third kappa shape index (κ3) is 2.99. The van der Waals surface area contributed by atoms with Crippen LogP contribution in [-0.2, 0) is 5.75 Å². The Labute approximate surface area is 105 Å². The number of benzene rings is 1. The van der Waals surface area contributed by atoms with Crippen molar-refractivity contribution in [3.63, 3.8) is 0 Å². The Morgan fingerprint density at radius 3 is 3.00 bits per heavy atom. The van der Waals surface area contributed by atoms with Gasteiger partial charge in [-0.1, -0.05) is 6.92 Å². The number of thioether (sulfide) groups is 1. The lowest BCUT2D eigenvalue weighted by molar-refractivity contribution is 0.506. The van der Waals surface area contributed by atoms with Gasteiger partial charge in [0, 0.05) is 23.4 Å². The van der Waals surface area contributed by atoms with Gasteiger partial charge in [-0.3, -0.25) is 0 Å². The summed E-state index contributed by atoms with van der Waals surface area (Å²) < 4.78 is 27.0. The van der Waals surface area contributed by atoms with E-state index in [1.54, 1.807) is 11.8 Å². The van der Waals surface area contributed by atoms with Crippen molar-refractivity contribution in [2.45, 2.75) is 31.6 Å². The van der Waals surface area contributed by atoms with E-state index in [4.69, 9.17) is 0 Å². The monoisotopic (exact) mass is 257 g/mol. The average molecular weight is 257 g/mol. The number of hydrogen-bond acceptors (Lipinski definition) is 2. The largest absolute Gasteiger partial charge is 0.310 e. The summed E-state index contributed by atoms with van der Waals surface area (Å²) in [6, 6.07) is 2.56. The summed E-state index contributed by atoms with van der Waals surface area (Å²) >= 11 is 1.71. The summed E-state index contributed by atoms with van der Waals surface area (Å²) in [5.74, 6) is 0.747.